The highest BCUT2D eigenvalue weighted by Crippen LogP contribution is 2.35. The fourth-order valence-corrected chi connectivity index (χ4v) is 3.52. The average Bonchev–Trinajstić information content (AvgIpc) is 2.77. The van der Waals surface area contributed by atoms with E-state index >= 15 is 0 Å². The van der Waals surface area contributed by atoms with Gasteiger partial charge < -0.3 is 9.84 Å². The number of hydrogen-bond acceptors (Lipinski definition) is 4. The van der Waals surface area contributed by atoms with E-state index in [4.69, 9.17) is 4.74 Å². The summed E-state index contributed by atoms with van der Waals surface area (Å²) >= 11 is 0. The van der Waals surface area contributed by atoms with Crippen LogP contribution < -0.4 is 0 Å². The van der Waals surface area contributed by atoms with Crippen molar-refractivity contribution in [1.82, 2.24) is 0 Å². The van der Waals surface area contributed by atoms with E-state index in [1.165, 1.54) is 0 Å². The summed E-state index contributed by atoms with van der Waals surface area (Å²) in [6, 6.07) is 19.4. The Kier molecular flexibility index (Phi) is 6.91. The summed E-state index contributed by atoms with van der Waals surface area (Å²) in [5.41, 5.74) is 3.62. The van der Waals surface area contributed by atoms with Crippen LogP contribution in [-0.4, -0.2) is 16.9 Å². The van der Waals surface area contributed by atoms with Crippen molar-refractivity contribution < 1.29 is 19.4 Å². The van der Waals surface area contributed by atoms with Gasteiger partial charge in [-0.1, -0.05) is 70.2 Å². The van der Waals surface area contributed by atoms with Crippen LogP contribution in [0, 0.1) is 0 Å². The van der Waals surface area contributed by atoms with Gasteiger partial charge in [0.1, 0.15) is 12.4 Å². The largest absolute Gasteiger partial charge is 0.507 e. The molecule has 0 unspecified atom stereocenters. The molecule has 0 radical (unpaired) electrons. The molecule has 0 atom stereocenters. The number of carbonyl (C=O) groups excluding carboxylic acids is 2. The van der Waals surface area contributed by atoms with Crippen molar-refractivity contribution in [1.29, 1.82) is 0 Å². The molecular formula is C27H28O4. The zero-order chi connectivity index (χ0) is 22.5. The maximum absolute atomic E-state index is 13.4. The first-order valence-corrected chi connectivity index (χ1v) is 10.5. The van der Waals surface area contributed by atoms with Gasteiger partial charge in [-0.25, -0.2) is 4.79 Å². The number of ether oxygens (including phenoxy) is 1. The van der Waals surface area contributed by atoms with Crippen molar-refractivity contribution in [2.75, 3.05) is 0 Å². The third-order valence-electron chi connectivity index (χ3n) is 5.31. The normalized spacial score (nSPS) is 11.0. The molecule has 0 aliphatic rings. The van der Waals surface area contributed by atoms with Crippen LogP contribution in [-0.2, 0) is 11.3 Å². The maximum atomic E-state index is 13.4. The highest BCUT2D eigenvalue weighted by molar-refractivity contribution is 6.10. The van der Waals surface area contributed by atoms with E-state index in [0.29, 0.717) is 22.3 Å². The van der Waals surface area contributed by atoms with Crippen LogP contribution in [0.4, 0.5) is 0 Å². The second-order valence-electron chi connectivity index (χ2n) is 8.24. The van der Waals surface area contributed by atoms with Crippen molar-refractivity contribution in [2.45, 2.75) is 46.1 Å². The molecule has 0 aromatic heterocycles. The van der Waals surface area contributed by atoms with Crippen LogP contribution in [0.2, 0.25) is 0 Å². The minimum Gasteiger partial charge on any atom is -0.507 e. The van der Waals surface area contributed by atoms with Gasteiger partial charge in [0.05, 0.1) is 5.56 Å². The molecule has 3 aromatic rings. The van der Waals surface area contributed by atoms with Crippen molar-refractivity contribution in [2.24, 2.45) is 0 Å². The van der Waals surface area contributed by atoms with E-state index in [-0.39, 0.29) is 30.0 Å². The summed E-state index contributed by atoms with van der Waals surface area (Å²) in [7, 11) is 0. The summed E-state index contributed by atoms with van der Waals surface area (Å²) in [5.74, 6) is -0.182. The van der Waals surface area contributed by atoms with Crippen molar-refractivity contribution in [3.63, 3.8) is 0 Å². The fraction of sp³-hybridized carbons (Fsp3) is 0.259. The van der Waals surface area contributed by atoms with E-state index in [9.17, 15) is 14.7 Å². The molecule has 3 aromatic carbocycles. The standard InChI is InChI=1S/C27H28O4/c1-17(2)23-14-21(15-24(18(3)4)26(23)29)25(28)22-13-9-8-12-20(22)16-31-27(30)19-10-6-5-7-11-19/h5-15,17-18,29H,16H2,1-4H3. The summed E-state index contributed by atoms with van der Waals surface area (Å²) in [5, 5.41) is 10.6. The lowest BCUT2D eigenvalue weighted by Crippen LogP contribution is -2.11. The molecule has 4 heteroatoms. The van der Waals surface area contributed by atoms with Gasteiger partial charge in [0.2, 0.25) is 0 Å². The highest BCUT2D eigenvalue weighted by Gasteiger charge is 2.21. The zero-order valence-electron chi connectivity index (χ0n) is 18.4. The molecule has 0 saturated heterocycles. The van der Waals surface area contributed by atoms with Gasteiger partial charge in [0, 0.05) is 16.7 Å². The Morgan fingerprint density at radius 3 is 1.94 bits per heavy atom. The molecule has 0 aliphatic heterocycles. The van der Waals surface area contributed by atoms with Gasteiger partial charge in [-0.15, -0.1) is 0 Å². The lowest BCUT2D eigenvalue weighted by molar-refractivity contribution is 0.0470. The average molecular weight is 417 g/mol. The van der Waals surface area contributed by atoms with Gasteiger partial charge in [0.25, 0.3) is 0 Å². The molecule has 3 rings (SSSR count). The SMILES string of the molecule is CC(C)c1cc(C(=O)c2ccccc2COC(=O)c2ccccc2)cc(C(C)C)c1O. The Labute approximate surface area is 183 Å². The summed E-state index contributed by atoms with van der Waals surface area (Å²) in [4.78, 5) is 25.7. The van der Waals surface area contributed by atoms with Crippen LogP contribution >= 0.6 is 0 Å². The van der Waals surface area contributed by atoms with Gasteiger partial charge in [0.15, 0.2) is 5.78 Å². The minimum atomic E-state index is -0.434. The molecule has 0 spiro atoms. The molecule has 31 heavy (non-hydrogen) atoms. The third kappa shape index (κ3) is 5.02. The Balaban J connectivity index is 1.92. The number of benzene rings is 3. The quantitative estimate of drug-likeness (QED) is 0.366. The first-order chi connectivity index (χ1) is 14.8. The predicted molar refractivity (Wildman–Crippen MR) is 122 cm³/mol. The molecular weight excluding hydrogens is 388 g/mol. The van der Waals surface area contributed by atoms with Gasteiger partial charge >= 0.3 is 5.97 Å². The zero-order valence-corrected chi connectivity index (χ0v) is 18.4. The topological polar surface area (TPSA) is 63.6 Å². The molecule has 160 valence electrons. The summed E-state index contributed by atoms with van der Waals surface area (Å²) in [6.45, 7) is 7.96. The third-order valence-corrected chi connectivity index (χ3v) is 5.31. The molecule has 0 fully saturated rings. The van der Waals surface area contributed by atoms with Crippen molar-refractivity contribution in [3.05, 3.63) is 100 Å². The molecule has 1 N–H and O–H groups in total. The van der Waals surface area contributed by atoms with Crippen LogP contribution in [0.25, 0.3) is 0 Å². The monoisotopic (exact) mass is 416 g/mol. The lowest BCUT2D eigenvalue weighted by atomic mass is 9.88. The Bertz CT molecular complexity index is 1050. The maximum Gasteiger partial charge on any atom is 0.338 e. The second-order valence-corrected chi connectivity index (χ2v) is 8.24. The van der Waals surface area contributed by atoms with E-state index < -0.39 is 5.97 Å². The minimum absolute atomic E-state index is 0.00179. The van der Waals surface area contributed by atoms with E-state index in [1.807, 2.05) is 39.8 Å². The first kappa shape index (κ1) is 22.3. The molecule has 0 bridgehead atoms. The summed E-state index contributed by atoms with van der Waals surface area (Å²) in [6.07, 6.45) is 0. The van der Waals surface area contributed by atoms with Crippen LogP contribution in [0.15, 0.2) is 66.7 Å². The van der Waals surface area contributed by atoms with Crippen molar-refractivity contribution in [3.8, 4) is 5.75 Å². The van der Waals surface area contributed by atoms with Gasteiger partial charge in [-0.3, -0.25) is 4.79 Å². The number of phenolic OH excluding ortho intramolecular Hbond substituents is 1. The Hall–Kier alpha value is -3.40. The first-order valence-electron chi connectivity index (χ1n) is 10.5. The van der Waals surface area contributed by atoms with Gasteiger partial charge in [-0.05, 0) is 47.2 Å². The fourth-order valence-electron chi connectivity index (χ4n) is 3.52. The van der Waals surface area contributed by atoms with Gasteiger partial charge in [-0.2, -0.15) is 0 Å². The number of rotatable bonds is 7. The number of aromatic hydroxyl groups is 1. The number of ketones is 1. The van der Waals surface area contributed by atoms with Crippen LogP contribution in [0.1, 0.15) is 82.5 Å². The number of esters is 1. The van der Waals surface area contributed by atoms with Crippen LogP contribution in [0.5, 0.6) is 5.75 Å². The van der Waals surface area contributed by atoms with E-state index in [1.54, 1.807) is 54.6 Å². The number of hydrogen-bond donors (Lipinski definition) is 1. The lowest BCUT2D eigenvalue weighted by Gasteiger charge is -2.18. The highest BCUT2D eigenvalue weighted by atomic mass is 16.5. The van der Waals surface area contributed by atoms with Crippen molar-refractivity contribution >= 4 is 11.8 Å². The molecule has 0 amide bonds. The predicted octanol–water partition coefficient (Wildman–Crippen LogP) is 6.23. The molecule has 0 aliphatic carbocycles. The number of phenols is 1. The van der Waals surface area contributed by atoms with E-state index in [2.05, 4.69) is 0 Å². The summed E-state index contributed by atoms with van der Waals surface area (Å²) < 4.78 is 5.45. The molecule has 4 nitrogen and oxygen atoms in total. The second kappa shape index (κ2) is 9.61. The smallest absolute Gasteiger partial charge is 0.338 e. The van der Waals surface area contributed by atoms with Crippen LogP contribution in [0.3, 0.4) is 0 Å². The van der Waals surface area contributed by atoms with E-state index in [0.717, 1.165) is 11.1 Å². The Morgan fingerprint density at radius 1 is 0.806 bits per heavy atom. The Morgan fingerprint density at radius 2 is 1.35 bits per heavy atom. The number of carbonyl (C=O) groups is 2. The molecule has 0 saturated carbocycles. The molecule has 0 heterocycles.